The van der Waals surface area contributed by atoms with E-state index < -0.39 is 17.2 Å². The van der Waals surface area contributed by atoms with E-state index in [0.29, 0.717) is 52.5 Å². The van der Waals surface area contributed by atoms with Crippen LogP contribution >= 0.6 is 0 Å². The fourth-order valence-electron chi connectivity index (χ4n) is 4.80. The lowest BCUT2D eigenvalue weighted by atomic mass is 9.73. The van der Waals surface area contributed by atoms with Gasteiger partial charge in [-0.1, -0.05) is 26.0 Å². The highest BCUT2D eigenvalue weighted by molar-refractivity contribution is 6.05. The molecule has 1 aliphatic carbocycles. The molecule has 5 rings (SSSR count). The van der Waals surface area contributed by atoms with Gasteiger partial charge in [-0.3, -0.25) is 19.6 Å². The van der Waals surface area contributed by atoms with Crippen LogP contribution in [-0.2, 0) is 6.42 Å². The van der Waals surface area contributed by atoms with Crippen LogP contribution in [0.3, 0.4) is 0 Å². The molecule has 3 aromatic rings. The molecule has 0 fully saturated rings. The number of fused-ring (bicyclic) bond motifs is 3. The fourth-order valence-corrected chi connectivity index (χ4v) is 4.80. The number of pyridine rings is 1. The molecular formula is C23H23N5O4. The van der Waals surface area contributed by atoms with E-state index in [0.717, 1.165) is 5.56 Å². The number of rotatable bonds is 2. The van der Waals surface area contributed by atoms with Crippen LogP contribution in [0.1, 0.15) is 58.9 Å². The SMILES string of the molecule is COc1ccc(C2c3c(nc4c(c3N)C(=O)CC(C)(C)C4)Nc3[nH]c(=O)[nH]c(=O)c32)cc1. The Labute approximate surface area is 183 Å². The van der Waals surface area contributed by atoms with Gasteiger partial charge >= 0.3 is 5.69 Å². The van der Waals surface area contributed by atoms with Crippen molar-refractivity contribution in [1.82, 2.24) is 15.0 Å². The summed E-state index contributed by atoms with van der Waals surface area (Å²) in [7, 11) is 1.57. The summed E-state index contributed by atoms with van der Waals surface area (Å²) in [6, 6.07) is 7.23. The Bertz CT molecular complexity index is 1390. The Morgan fingerprint density at radius 3 is 2.47 bits per heavy atom. The number of hydrogen-bond acceptors (Lipinski definition) is 7. The molecule has 1 atom stereocenters. The van der Waals surface area contributed by atoms with E-state index in [1.54, 1.807) is 19.2 Å². The third kappa shape index (κ3) is 3.00. The Kier molecular flexibility index (Phi) is 4.27. The Hall–Kier alpha value is -3.88. The maximum absolute atomic E-state index is 13.0. The van der Waals surface area contributed by atoms with Crippen molar-refractivity contribution >= 4 is 23.1 Å². The van der Waals surface area contributed by atoms with E-state index in [9.17, 15) is 14.4 Å². The van der Waals surface area contributed by atoms with E-state index >= 15 is 0 Å². The number of ether oxygens (including phenoxy) is 1. The lowest BCUT2D eigenvalue weighted by molar-refractivity contribution is 0.0911. The summed E-state index contributed by atoms with van der Waals surface area (Å²) in [5.41, 5.74) is 8.19. The number of hydrogen-bond donors (Lipinski definition) is 4. The van der Waals surface area contributed by atoms with Gasteiger partial charge in [-0.15, -0.1) is 0 Å². The van der Waals surface area contributed by atoms with Crippen LogP contribution in [-0.4, -0.2) is 27.8 Å². The number of H-pyrrole nitrogens is 2. The molecule has 0 spiro atoms. The van der Waals surface area contributed by atoms with Crippen LogP contribution in [0.2, 0.25) is 0 Å². The predicted molar refractivity (Wildman–Crippen MR) is 120 cm³/mol. The number of carbonyl (C=O) groups is 1. The summed E-state index contributed by atoms with van der Waals surface area (Å²) >= 11 is 0. The number of ketones is 1. The third-order valence-corrected chi connectivity index (χ3v) is 6.16. The summed E-state index contributed by atoms with van der Waals surface area (Å²) < 4.78 is 5.26. The van der Waals surface area contributed by atoms with Gasteiger partial charge in [0.2, 0.25) is 0 Å². The normalized spacial score (nSPS) is 18.2. The van der Waals surface area contributed by atoms with Crippen LogP contribution in [0.25, 0.3) is 0 Å². The quantitative estimate of drug-likeness (QED) is 0.380. The number of nitrogen functional groups attached to an aromatic ring is 1. The van der Waals surface area contributed by atoms with Gasteiger partial charge in [0.25, 0.3) is 5.56 Å². The first kappa shape index (κ1) is 20.0. The van der Waals surface area contributed by atoms with Gasteiger partial charge < -0.3 is 15.8 Å². The minimum atomic E-state index is -0.631. The molecule has 1 aliphatic heterocycles. The molecule has 0 saturated carbocycles. The number of carbonyl (C=O) groups excluding carboxylic acids is 1. The maximum atomic E-state index is 13.0. The summed E-state index contributed by atoms with van der Waals surface area (Å²) in [5.74, 6) is 0.668. The molecule has 5 N–H and O–H groups in total. The first-order valence-corrected chi connectivity index (χ1v) is 10.3. The highest BCUT2D eigenvalue weighted by atomic mass is 16.5. The molecule has 164 valence electrons. The molecule has 9 nitrogen and oxygen atoms in total. The van der Waals surface area contributed by atoms with Crippen LogP contribution < -0.4 is 27.0 Å². The van der Waals surface area contributed by atoms with Crippen LogP contribution in [0.15, 0.2) is 33.9 Å². The second kappa shape index (κ2) is 6.81. The number of nitrogens with zero attached hydrogens (tertiary/aromatic N) is 1. The fraction of sp³-hybridized carbons (Fsp3) is 0.304. The highest BCUT2D eigenvalue weighted by Gasteiger charge is 2.39. The lowest BCUT2D eigenvalue weighted by Gasteiger charge is -2.34. The van der Waals surface area contributed by atoms with Crippen molar-refractivity contribution < 1.29 is 9.53 Å². The Morgan fingerprint density at radius 2 is 1.78 bits per heavy atom. The maximum Gasteiger partial charge on any atom is 0.327 e. The Morgan fingerprint density at radius 1 is 1.06 bits per heavy atom. The minimum Gasteiger partial charge on any atom is -0.497 e. The van der Waals surface area contributed by atoms with Crippen molar-refractivity contribution in [2.24, 2.45) is 5.41 Å². The number of aromatic nitrogens is 3. The summed E-state index contributed by atoms with van der Waals surface area (Å²) in [6.07, 6.45) is 0.967. The van der Waals surface area contributed by atoms with Crippen molar-refractivity contribution in [3.05, 3.63) is 73.1 Å². The molecule has 2 aromatic heterocycles. The first-order valence-electron chi connectivity index (χ1n) is 10.3. The standard InChI is InChI=1S/C23H23N5O4/c1-23(2)8-12-15(13(29)9-23)18(24)16-14(10-4-6-11(32-3)7-5-10)17-20(26-19(16)25-12)27-22(31)28-21(17)30/h4-7,14H,8-9H2,1-3H3,(H5,24,25,26,27,28,30,31). The summed E-state index contributed by atoms with van der Waals surface area (Å²) in [4.78, 5) is 47.6. The largest absolute Gasteiger partial charge is 0.497 e. The van der Waals surface area contributed by atoms with Gasteiger partial charge in [0.1, 0.15) is 17.4 Å². The van der Waals surface area contributed by atoms with Gasteiger partial charge in [0.05, 0.1) is 29.6 Å². The van der Waals surface area contributed by atoms with Crippen molar-refractivity contribution in [3.8, 4) is 5.75 Å². The molecule has 9 heteroatoms. The van der Waals surface area contributed by atoms with Gasteiger partial charge in [-0.25, -0.2) is 9.78 Å². The number of methoxy groups -OCH3 is 1. The summed E-state index contributed by atoms with van der Waals surface area (Å²) in [6.45, 7) is 4.04. The monoisotopic (exact) mass is 433 g/mol. The lowest BCUT2D eigenvalue weighted by Crippen LogP contribution is -2.34. The molecule has 0 saturated heterocycles. The molecule has 3 heterocycles. The number of nitrogens with one attached hydrogen (secondary N) is 3. The number of anilines is 3. The van der Waals surface area contributed by atoms with Crippen LogP contribution in [0.5, 0.6) is 5.75 Å². The van der Waals surface area contributed by atoms with E-state index in [1.807, 2.05) is 26.0 Å². The average molecular weight is 433 g/mol. The van der Waals surface area contributed by atoms with Crippen molar-refractivity contribution in [2.45, 2.75) is 32.6 Å². The third-order valence-electron chi connectivity index (χ3n) is 6.16. The van der Waals surface area contributed by atoms with Crippen LogP contribution in [0.4, 0.5) is 17.3 Å². The first-order chi connectivity index (χ1) is 15.2. The zero-order valence-corrected chi connectivity index (χ0v) is 18.0. The smallest absolute Gasteiger partial charge is 0.327 e. The van der Waals surface area contributed by atoms with E-state index in [4.69, 9.17) is 15.5 Å². The predicted octanol–water partition coefficient (Wildman–Crippen LogP) is 2.44. The van der Waals surface area contributed by atoms with Crippen molar-refractivity contribution in [3.63, 3.8) is 0 Å². The van der Waals surface area contributed by atoms with E-state index in [-0.39, 0.29) is 17.0 Å². The average Bonchev–Trinajstić information content (AvgIpc) is 2.71. The second-order valence-corrected chi connectivity index (χ2v) is 9.08. The van der Waals surface area contributed by atoms with Crippen LogP contribution in [0, 0.1) is 5.41 Å². The molecule has 0 radical (unpaired) electrons. The number of Topliss-reactive ketones (excluding diaryl/α,β-unsaturated/α-hetero) is 1. The molecule has 0 amide bonds. The second-order valence-electron chi connectivity index (χ2n) is 9.08. The molecular weight excluding hydrogens is 410 g/mol. The van der Waals surface area contributed by atoms with E-state index in [2.05, 4.69) is 15.3 Å². The highest BCUT2D eigenvalue weighted by Crippen LogP contribution is 2.48. The van der Waals surface area contributed by atoms with Gasteiger partial charge in [-0.2, -0.15) is 0 Å². The molecule has 32 heavy (non-hydrogen) atoms. The topological polar surface area (TPSA) is 143 Å². The van der Waals surface area contributed by atoms with Gasteiger partial charge in [0, 0.05) is 17.9 Å². The summed E-state index contributed by atoms with van der Waals surface area (Å²) in [5, 5.41) is 3.07. The Balaban J connectivity index is 1.81. The molecule has 2 aliphatic rings. The number of benzene rings is 1. The van der Waals surface area contributed by atoms with Gasteiger partial charge in [0.15, 0.2) is 5.78 Å². The van der Waals surface area contributed by atoms with E-state index in [1.165, 1.54) is 0 Å². The number of aromatic amines is 2. The number of nitrogens with two attached hydrogens (primary N) is 1. The zero-order chi connectivity index (χ0) is 22.8. The molecule has 1 aromatic carbocycles. The van der Waals surface area contributed by atoms with Gasteiger partial charge in [-0.05, 0) is 29.5 Å². The zero-order valence-electron chi connectivity index (χ0n) is 18.0. The van der Waals surface area contributed by atoms with Crippen molar-refractivity contribution in [1.29, 1.82) is 0 Å². The van der Waals surface area contributed by atoms with Crippen molar-refractivity contribution in [2.75, 3.05) is 18.2 Å². The molecule has 1 unspecified atom stereocenters. The molecule has 0 bridgehead atoms. The minimum absolute atomic E-state index is 0.0568.